The smallest absolute Gasteiger partial charge is 0.151 e. The average Bonchev–Trinajstić information content (AvgIpc) is 2.40. The zero-order valence-corrected chi connectivity index (χ0v) is 11.0. The number of aromatic nitrogens is 2. The molecule has 0 spiro atoms. The van der Waals surface area contributed by atoms with Gasteiger partial charge in [0.2, 0.25) is 0 Å². The molecule has 94 valence electrons. The third-order valence-electron chi connectivity index (χ3n) is 3.08. The number of nitrogens with zero attached hydrogens (tertiary/aromatic N) is 4. The van der Waals surface area contributed by atoms with Crippen molar-refractivity contribution in [1.29, 1.82) is 0 Å². The molecule has 0 N–H and O–H groups in total. The maximum atomic E-state index is 5.70. The van der Waals surface area contributed by atoms with Crippen molar-refractivity contribution in [2.45, 2.75) is 19.2 Å². The lowest BCUT2D eigenvalue weighted by Gasteiger charge is -2.34. The molecule has 0 saturated carbocycles. The topological polar surface area (TPSA) is 32.3 Å². The minimum Gasteiger partial charge on any atom is -0.353 e. The Morgan fingerprint density at radius 2 is 1.94 bits per heavy atom. The Kier molecular flexibility index (Phi) is 4.57. The number of hydrogen-bond acceptors (Lipinski definition) is 4. The number of anilines is 1. The molecular formula is C12H19ClN4. The molecule has 0 bridgehead atoms. The van der Waals surface area contributed by atoms with Crippen molar-refractivity contribution in [3.63, 3.8) is 0 Å². The summed E-state index contributed by atoms with van der Waals surface area (Å²) in [6.45, 7) is 7.73. The number of halogens is 1. The van der Waals surface area contributed by atoms with Crippen LogP contribution in [0.3, 0.4) is 0 Å². The highest BCUT2D eigenvalue weighted by molar-refractivity contribution is 6.16. The summed E-state index contributed by atoms with van der Waals surface area (Å²) in [5.74, 6) is 1.40. The Balaban J connectivity index is 1.91. The van der Waals surface area contributed by atoms with Crippen molar-refractivity contribution in [1.82, 2.24) is 15.1 Å². The Morgan fingerprint density at radius 3 is 2.47 bits per heavy atom. The van der Waals surface area contributed by atoms with Gasteiger partial charge in [-0.05, 0) is 25.1 Å². The molecule has 0 aromatic carbocycles. The fourth-order valence-corrected chi connectivity index (χ4v) is 2.25. The molecule has 17 heavy (non-hydrogen) atoms. The molecule has 0 radical (unpaired) electrons. The van der Waals surface area contributed by atoms with E-state index < -0.39 is 0 Å². The zero-order chi connectivity index (χ0) is 12.1. The van der Waals surface area contributed by atoms with Crippen LogP contribution in [0.2, 0.25) is 0 Å². The van der Waals surface area contributed by atoms with E-state index in [1.54, 1.807) is 0 Å². The molecule has 1 aromatic heterocycles. The summed E-state index contributed by atoms with van der Waals surface area (Å²) in [4.78, 5) is 4.79. The van der Waals surface area contributed by atoms with Gasteiger partial charge in [-0.2, -0.15) is 5.10 Å². The molecule has 2 rings (SSSR count). The first kappa shape index (κ1) is 12.6. The van der Waals surface area contributed by atoms with Gasteiger partial charge in [-0.25, -0.2) is 0 Å². The van der Waals surface area contributed by atoms with Crippen LogP contribution >= 0.6 is 11.6 Å². The molecule has 0 unspecified atom stereocenters. The Hall–Kier alpha value is -0.870. The molecular weight excluding hydrogens is 236 g/mol. The third kappa shape index (κ3) is 3.30. The molecule has 1 aromatic rings. The van der Waals surface area contributed by atoms with Crippen LogP contribution in [-0.2, 0) is 5.88 Å². The molecule has 1 fully saturated rings. The Labute approximate surface area is 108 Å². The summed E-state index contributed by atoms with van der Waals surface area (Å²) in [5.41, 5.74) is 0.833. The van der Waals surface area contributed by atoms with Gasteiger partial charge in [0.1, 0.15) is 0 Å². The second-order valence-electron chi connectivity index (χ2n) is 4.35. The quantitative estimate of drug-likeness (QED) is 0.767. The average molecular weight is 255 g/mol. The highest BCUT2D eigenvalue weighted by Crippen LogP contribution is 2.13. The molecule has 0 aliphatic carbocycles. The van der Waals surface area contributed by atoms with Gasteiger partial charge in [-0.1, -0.05) is 6.92 Å². The lowest BCUT2D eigenvalue weighted by Crippen LogP contribution is -2.46. The van der Waals surface area contributed by atoms with Gasteiger partial charge in [0.05, 0.1) is 11.6 Å². The first-order valence-corrected chi connectivity index (χ1v) is 6.73. The van der Waals surface area contributed by atoms with Crippen molar-refractivity contribution in [2.75, 3.05) is 37.6 Å². The SMILES string of the molecule is CCCN1CCN(c2ccc(CCl)nn2)CC1. The van der Waals surface area contributed by atoms with Crippen LogP contribution in [-0.4, -0.2) is 47.8 Å². The van der Waals surface area contributed by atoms with Crippen LogP contribution < -0.4 is 4.90 Å². The van der Waals surface area contributed by atoms with E-state index in [2.05, 4.69) is 26.9 Å². The van der Waals surface area contributed by atoms with Crippen LogP contribution in [0.25, 0.3) is 0 Å². The van der Waals surface area contributed by atoms with E-state index in [0.717, 1.165) is 37.7 Å². The molecule has 0 atom stereocenters. The van der Waals surface area contributed by atoms with Crippen LogP contribution in [0, 0.1) is 0 Å². The molecule has 4 nitrogen and oxygen atoms in total. The predicted octanol–water partition coefficient (Wildman–Crippen LogP) is 1.75. The van der Waals surface area contributed by atoms with Crippen molar-refractivity contribution in [3.8, 4) is 0 Å². The standard InChI is InChI=1S/C12H19ClN4/c1-2-5-16-6-8-17(9-7-16)12-4-3-11(10-13)14-15-12/h3-4H,2,5-10H2,1H3. The van der Waals surface area contributed by atoms with E-state index in [9.17, 15) is 0 Å². The first-order valence-electron chi connectivity index (χ1n) is 6.19. The maximum Gasteiger partial charge on any atom is 0.151 e. The van der Waals surface area contributed by atoms with Crippen molar-refractivity contribution in [2.24, 2.45) is 0 Å². The van der Waals surface area contributed by atoms with E-state index in [-0.39, 0.29) is 0 Å². The lowest BCUT2D eigenvalue weighted by atomic mass is 10.3. The summed E-state index contributed by atoms with van der Waals surface area (Å²) >= 11 is 5.70. The van der Waals surface area contributed by atoms with Crippen LogP contribution in [0.4, 0.5) is 5.82 Å². The minimum atomic E-state index is 0.428. The summed E-state index contributed by atoms with van der Waals surface area (Å²) in [6.07, 6.45) is 1.23. The van der Waals surface area contributed by atoms with Crippen LogP contribution in [0.15, 0.2) is 12.1 Å². The fourth-order valence-electron chi connectivity index (χ4n) is 2.11. The largest absolute Gasteiger partial charge is 0.353 e. The van der Waals surface area contributed by atoms with Gasteiger partial charge in [-0.3, -0.25) is 4.90 Å². The number of alkyl halides is 1. The highest BCUT2D eigenvalue weighted by atomic mass is 35.5. The molecule has 1 saturated heterocycles. The predicted molar refractivity (Wildman–Crippen MR) is 70.5 cm³/mol. The van der Waals surface area contributed by atoms with E-state index >= 15 is 0 Å². The molecule has 1 aliphatic rings. The molecule has 1 aliphatic heterocycles. The van der Waals surface area contributed by atoms with Crippen LogP contribution in [0.5, 0.6) is 0 Å². The second-order valence-corrected chi connectivity index (χ2v) is 4.61. The Bertz CT molecular complexity index is 333. The molecule has 0 amide bonds. The summed E-state index contributed by atoms with van der Waals surface area (Å²) in [5, 5.41) is 8.31. The van der Waals surface area contributed by atoms with Gasteiger partial charge < -0.3 is 4.90 Å². The summed E-state index contributed by atoms with van der Waals surface area (Å²) in [6, 6.07) is 3.97. The normalized spacial score (nSPS) is 17.4. The van der Waals surface area contributed by atoms with E-state index in [1.165, 1.54) is 13.0 Å². The summed E-state index contributed by atoms with van der Waals surface area (Å²) in [7, 11) is 0. The van der Waals surface area contributed by atoms with E-state index in [1.807, 2.05) is 12.1 Å². The van der Waals surface area contributed by atoms with Gasteiger partial charge in [-0.15, -0.1) is 16.7 Å². The minimum absolute atomic E-state index is 0.428. The lowest BCUT2D eigenvalue weighted by molar-refractivity contribution is 0.258. The third-order valence-corrected chi connectivity index (χ3v) is 3.35. The molecule has 5 heteroatoms. The van der Waals surface area contributed by atoms with Crippen molar-refractivity contribution in [3.05, 3.63) is 17.8 Å². The first-order chi connectivity index (χ1) is 8.33. The highest BCUT2D eigenvalue weighted by Gasteiger charge is 2.17. The van der Waals surface area contributed by atoms with Gasteiger partial charge >= 0.3 is 0 Å². The monoisotopic (exact) mass is 254 g/mol. The van der Waals surface area contributed by atoms with E-state index in [0.29, 0.717) is 5.88 Å². The fraction of sp³-hybridized carbons (Fsp3) is 0.667. The molecule has 2 heterocycles. The number of rotatable bonds is 4. The zero-order valence-electron chi connectivity index (χ0n) is 10.3. The summed E-state index contributed by atoms with van der Waals surface area (Å²) < 4.78 is 0. The van der Waals surface area contributed by atoms with E-state index in [4.69, 9.17) is 11.6 Å². The van der Waals surface area contributed by atoms with Crippen LogP contribution in [0.1, 0.15) is 19.0 Å². The maximum absolute atomic E-state index is 5.70. The second kappa shape index (κ2) is 6.17. The van der Waals surface area contributed by atoms with Crippen molar-refractivity contribution >= 4 is 17.4 Å². The Morgan fingerprint density at radius 1 is 1.18 bits per heavy atom. The van der Waals surface area contributed by atoms with Crippen molar-refractivity contribution < 1.29 is 0 Å². The number of piperazine rings is 1. The van der Waals surface area contributed by atoms with Gasteiger partial charge in [0, 0.05) is 26.2 Å². The van der Waals surface area contributed by atoms with Gasteiger partial charge in [0.15, 0.2) is 5.82 Å². The van der Waals surface area contributed by atoms with Gasteiger partial charge in [0.25, 0.3) is 0 Å². The number of hydrogen-bond donors (Lipinski definition) is 0.